The number of ether oxygens (including phenoxy) is 1. The molecule has 0 radical (unpaired) electrons. The summed E-state index contributed by atoms with van der Waals surface area (Å²) < 4.78 is 18.7. The number of hydrogen-bond acceptors (Lipinski definition) is 4. The highest BCUT2D eigenvalue weighted by molar-refractivity contribution is 7.98. The third-order valence-corrected chi connectivity index (χ3v) is 3.57. The number of halogens is 1. The lowest BCUT2D eigenvalue weighted by molar-refractivity contribution is -0.140. The fourth-order valence-corrected chi connectivity index (χ4v) is 2.55. The standard InChI is InChI=1S/C13H16FNO4S/c1-8(16)15-10(13(17)18)7-20-6-9-4-3-5-11(19-2)12(9)14/h3-5,10H,6-7H2,1-2H3,(H,15,16)(H,17,18)/t10-/m0/s1. The normalized spacial score (nSPS) is 11.8. The number of carboxylic acid groups (broad SMARTS) is 1. The first-order chi connectivity index (χ1) is 9.45. The van der Waals surface area contributed by atoms with Crippen LogP contribution in [0.5, 0.6) is 5.75 Å². The molecule has 0 aliphatic heterocycles. The Kier molecular flexibility index (Phi) is 6.30. The van der Waals surface area contributed by atoms with Crippen molar-refractivity contribution in [2.24, 2.45) is 0 Å². The molecule has 0 aliphatic rings. The molecule has 1 amide bonds. The molecule has 7 heteroatoms. The second kappa shape index (κ2) is 7.74. The lowest BCUT2D eigenvalue weighted by Crippen LogP contribution is -2.41. The first-order valence-corrected chi connectivity index (χ1v) is 7.00. The Morgan fingerprint density at radius 2 is 2.20 bits per heavy atom. The van der Waals surface area contributed by atoms with Gasteiger partial charge in [0.1, 0.15) is 6.04 Å². The molecule has 1 aromatic carbocycles. The zero-order valence-corrected chi connectivity index (χ0v) is 12.0. The minimum Gasteiger partial charge on any atom is -0.494 e. The van der Waals surface area contributed by atoms with Crippen molar-refractivity contribution < 1.29 is 23.8 Å². The first-order valence-electron chi connectivity index (χ1n) is 5.84. The maximum Gasteiger partial charge on any atom is 0.327 e. The predicted molar refractivity (Wildman–Crippen MR) is 74.4 cm³/mol. The molecule has 1 rings (SSSR count). The van der Waals surface area contributed by atoms with Crippen molar-refractivity contribution in [3.05, 3.63) is 29.6 Å². The van der Waals surface area contributed by atoms with Crippen LogP contribution in [0.3, 0.4) is 0 Å². The monoisotopic (exact) mass is 301 g/mol. The summed E-state index contributed by atoms with van der Waals surface area (Å²) in [5.74, 6) is -1.36. The highest BCUT2D eigenvalue weighted by atomic mass is 32.2. The van der Waals surface area contributed by atoms with Crippen LogP contribution in [-0.4, -0.2) is 35.9 Å². The quantitative estimate of drug-likeness (QED) is 0.801. The van der Waals surface area contributed by atoms with Crippen molar-refractivity contribution in [2.75, 3.05) is 12.9 Å². The number of amides is 1. The van der Waals surface area contributed by atoms with Crippen LogP contribution < -0.4 is 10.1 Å². The van der Waals surface area contributed by atoms with Gasteiger partial charge in [-0.25, -0.2) is 9.18 Å². The van der Waals surface area contributed by atoms with E-state index in [-0.39, 0.29) is 11.5 Å². The number of carbonyl (C=O) groups excluding carboxylic acids is 1. The van der Waals surface area contributed by atoms with Gasteiger partial charge >= 0.3 is 5.97 Å². The van der Waals surface area contributed by atoms with Crippen molar-refractivity contribution >= 4 is 23.6 Å². The van der Waals surface area contributed by atoms with Gasteiger partial charge in [-0.05, 0) is 6.07 Å². The van der Waals surface area contributed by atoms with Gasteiger partial charge in [0.05, 0.1) is 7.11 Å². The Balaban J connectivity index is 2.59. The molecule has 5 nitrogen and oxygen atoms in total. The molecule has 0 spiro atoms. The van der Waals surface area contributed by atoms with E-state index >= 15 is 0 Å². The summed E-state index contributed by atoms with van der Waals surface area (Å²) in [6, 6.07) is 3.81. The number of hydrogen-bond donors (Lipinski definition) is 2. The molecule has 0 aromatic heterocycles. The van der Waals surface area contributed by atoms with Crippen LogP contribution in [0.4, 0.5) is 4.39 Å². The second-order valence-corrected chi connectivity index (χ2v) is 5.07. The zero-order chi connectivity index (χ0) is 15.1. The maximum atomic E-state index is 13.8. The highest BCUT2D eigenvalue weighted by Gasteiger charge is 2.18. The van der Waals surface area contributed by atoms with Gasteiger partial charge in [-0.1, -0.05) is 12.1 Å². The van der Waals surface area contributed by atoms with Crippen molar-refractivity contribution in [3.8, 4) is 5.75 Å². The average Bonchev–Trinajstić information content (AvgIpc) is 2.39. The lowest BCUT2D eigenvalue weighted by Gasteiger charge is -2.13. The minimum atomic E-state index is -1.11. The Morgan fingerprint density at radius 1 is 1.50 bits per heavy atom. The molecule has 1 atom stereocenters. The molecule has 110 valence electrons. The molecule has 0 saturated heterocycles. The summed E-state index contributed by atoms with van der Waals surface area (Å²) in [6.07, 6.45) is 0. The predicted octanol–water partition coefficient (Wildman–Crippen LogP) is 1.66. The summed E-state index contributed by atoms with van der Waals surface area (Å²) in [5.41, 5.74) is 0.432. The number of carbonyl (C=O) groups is 2. The van der Waals surface area contributed by atoms with E-state index in [9.17, 15) is 14.0 Å². The van der Waals surface area contributed by atoms with Crippen LogP contribution in [0.15, 0.2) is 18.2 Å². The smallest absolute Gasteiger partial charge is 0.327 e. The maximum absolute atomic E-state index is 13.8. The number of thioether (sulfide) groups is 1. The Morgan fingerprint density at radius 3 is 2.75 bits per heavy atom. The van der Waals surface area contributed by atoms with Gasteiger partial charge < -0.3 is 15.2 Å². The lowest BCUT2D eigenvalue weighted by atomic mass is 10.2. The Labute approximate surface area is 120 Å². The number of nitrogens with one attached hydrogen (secondary N) is 1. The first kappa shape index (κ1) is 16.3. The van der Waals surface area contributed by atoms with Crippen molar-refractivity contribution in [1.29, 1.82) is 0 Å². The summed E-state index contributed by atoms with van der Waals surface area (Å²) in [4.78, 5) is 21.8. The molecule has 0 aliphatic carbocycles. The van der Waals surface area contributed by atoms with Crippen molar-refractivity contribution in [3.63, 3.8) is 0 Å². The van der Waals surface area contributed by atoms with Crippen LogP contribution >= 0.6 is 11.8 Å². The molecule has 20 heavy (non-hydrogen) atoms. The molecule has 1 aromatic rings. The average molecular weight is 301 g/mol. The van der Waals surface area contributed by atoms with Crippen LogP contribution in [-0.2, 0) is 15.3 Å². The fraction of sp³-hybridized carbons (Fsp3) is 0.385. The fourth-order valence-electron chi connectivity index (χ4n) is 1.53. The van der Waals surface area contributed by atoms with Gasteiger partial charge in [-0.15, -0.1) is 0 Å². The number of benzene rings is 1. The van der Waals surface area contributed by atoms with Gasteiger partial charge in [-0.2, -0.15) is 11.8 Å². The molecule has 0 unspecified atom stereocenters. The Bertz CT molecular complexity index is 495. The van der Waals surface area contributed by atoms with E-state index in [1.807, 2.05) is 0 Å². The van der Waals surface area contributed by atoms with Gasteiger partial charge in [-0.3, -0.25) is 4.79 Å². The van der Waals surface area contributed by atoms with E-state index in [4.69, 9.17) is 9.84 Å². The minimum absolute atomic E-state index is 0.153. The molecular weight excluding hydrogens is 285 g/mol. The van der Waals surface area contributed by atoms with Crippen molar-refractivity contribution in [1.82, 2.24) is 5.32 Å². The summed E-state index contributed by atoms with van der Waals surface area (Å²) >= 11 is 1.23. The number of methoxy groups -OCH3 is 1. The SMILES string of the molecule is COc1cccc(CSC[C@H](NC(C)=O)C(=O)O)c1F. The number of rotatable bonds is 7. The molecule has 0 heterocycles. The van der Waals surface area contributed by atoms with Gasteiger partial charge in [0, 0.05) is 24.0 Å². The Hall–Kier alpha value is -1.76. The number of carboxylic acids is 1. The molecule has 0 saturated carbocycles. The molecule has 0 fully saturated rings. The summed E-state index contributed by atoms with van der Waals surface area (Å²) in [5, 5.41) is 11.3. The summed E-state index contributed by atoms with van der Waals surface area (Å²) in [7, 11) is 1.38. The van der Waals surface area contributed by atoms with E-state index in [1.54, 1.807) is 12.1 Å². The van der Waals surface area contributed by atoms with Crippen LogP contribution in [0.2, 0.25) is 0 Å². The summed E-state index contributed by atoms with van der Waals surface area (Å²) in [6.45, 7) is 1.25. The largest absolute Gasteiger partial charge is 0.494 e. The second-order valence-electron chi connectivity index (χ2n) is 4.04. The van der Waals surface area contributed by atoms with Gasteiger partial charge in [0.2, 0.25) is 5.91 Å². The van der Waals surface area contributed by atoms with Crippen LogP contribution in [0, 0.1) is 5.82 Å². The third kappa shape index (κ3) is 4.73. The van der Waals surface area contributed by atoms with E-state index in [1.165, 1.54) is 31.9 Å². The molecule has 2 N–H and O–H groups in total. The molecular formula is C13H16FNO4S. The van der Waals surface area contributed by atoms with Crippen LogP contribution in [0.25, 0.3) is 0 Å². The highest BCUT2D eigenvalue weighted by Crippen LogP contribution is 2.23. The van der Waals surface area contributed by atoms with Gasteiger partial charge in [0.15, 0.2) is 11.6 Å². The van der Waals surface area contributed by atoms with E-state index in [2.05, 4.69) is 5.32 Å². The van der Waals surface area contributed by atoms with E-state index < -0.39 is 23.7 Å². The third-order valence-electron chi connectivity index (χ3n) is 2.48. The van der Waals surface area contributed by atoms with Gasteiger partial charge in [0.25, 0.3) is 0 Å². The van der Waals surface area contributed by atoms with E-state index in [0.717, 1.165) is 0 Å². The van der Waals surface area contributed by atoms with Crippen molar-refractivity contribution in [2.45, 2.75) is 18.7 Å². The van der Waals surface area contributed by atoms with E-state index in [0.29, 0.717) is 11.3 Å². The molecule has 0 bridgehead atoms. The topological polar surface area (TPSA) is 75.6 Å². The van der Waals surface area contributed by atoms with Crippen LogP contribution in [0.1, 0.15) is 12.5 Å². The zero-order valence-electron chi connectivity index (χ0n) is 11.2. The number of aliphatic carboxylic acids is 1.